The van der Waals surface area contributed by atoms with E-state index in [-0.39, 0.29) is 0 Å². The molecule has 1 aliphatic heterocycles. The van der Waals surface area contributed by atoms with Gasteiger partial charge in [0.05, 0.1) is 6.54 Å². The van der Waals surface area contributed by atoms with Crippen molar-refractivity contribution in [1.29, 1.82) is 0 Å². The summed E-state index contributed by atoms with van der Waals surface area (Å²) in [6.07, 6.45) is 0. The van der Waals surface area contributed by atoms with E-state index in [0.29, 0.717) is 12.1 Å². The van der Waals surface area contributed by atoms with Crippen molar-refractivity contribution < 1.29 is 0 Å². The van der Waals surface area contributed by atoms with E-state index in [0.717, 1.165) is 25.3 Å². The van der Waals surface area contributed by atoms with E-state index < -0.39 is 0 Å². The number of aryl methyl sites for hydroxylation is 1. The summed E-state index contributed by atoms with van der Waals surface area (Å²) in [4.78, 5) is 7.03. The van der Waals surface area contributed by atoms with Crippen molar-refractivity contribution in [3.63, 3.8) is 0 Å². The van der Waals surface area contributed by atoms with Crippen molar-refractivity contribution in [1.82, 2.24) is 15.2 Å². The van der Waals surface area contributed by atoms with Gasteiger partial charge in [-0.05, 0) is 20.8 Å². The van der Waals surface area contributed by atoms with Crippen LogP contribution in [-0.2, 0) is 6.54 Å². The molecular formula is C11H19N3S. The van der Waals surface area contributed by atoms with Crippen LogP contribution in [0.2, 0.25) is 0 Å². The SMILES string of the molecule is Cc1csc(CN2CC(C)NCC2C)n1. The third kappa shape index (κ3) is 2.77. The van der Waals surface area contributed by atoms with Gasteiger partial charge in [-0.15, -0.1) is 11.3 Å². The van der Waals surface area contributed by atoms with Crippen LogP contribution in [0.3, 0.4) is 0 Å². The van der Waals surface area contributed by atoms with Crippen molar-refractivity contribution in [3.8, 4) is 0 Å². The molecule has 0 aliphatic carbocycles. The molecule has 0 amide bonds. The second kappa shape index (κ2) is 4.60. The summed E-state index contributed by atoms with van der Waals surface area (Å²) < 4.78 is 0. The maximum absolute atomic E-state index is 4.52. The summed E-state index contributed by atoms with van der Waals surface area (Å²) in [6.45, 7) is 9.80. The van der Waals surface area contributed by atoms with Crippen molar-refractivity contribution in [3.05, 3.63) is 16.1 Å². The number of piperazine rings is 1. The average Bonchev–Trinajstić information content (AvgIpc) is 2.58. The zero-order valence-corrected chi connectivity index (χ0v) is 10.5. The summed E-state index contributed by atoms with van der Waals surface area (Å²) in [7, 11) is 0. The molecule has 0 saturated carbocycles. The fraction of sp³-hybridized carbons (Fsp3) is 0.727. The van der Waals surface area contributed by atoms with Gasteiger partial charge in [-0.1, -0.05) is 0 Å². The first kappa shape index (κ1) is 11.0. The van der Waals surface area contributed by atoms with Crippen LogP contribution in [0.4, 0.5) is 0 Å². The molecular weight excluding hydrogens is 206 g/mol. The highest BCUT2D eigenvalue weighted by molar-refractivity contribution is 7.09. The number of hydrogen-bond acceptors (Lipinski definition) is 4. The van der Waals surface area contributed by atoms with E-state index >= 15 is 0 Å². The van der Waals surface area contributed by atoms with Crippen LogP contribution in [-0.4, -0.2) is 35.1 Å². The Bertz CT molecular complexity index is 323. The lowest BCUT2D eigenvalue weighted by atomic mass is 10.1. The maximum Gasteiger partial charge on any atom is 0.107 e. The molecule has 0 aromatic carbocycles. The van der Waals surface area contributed by atoms with Crippen molar-refractivity contribution in [2.45, 2.75) is 39.4 Å². The quantitative estimate of drug-likeness (QED) is 0.829. The molecule has 1 aromatic rings. The molecule has 2 atom stereocenters. The molecule has 15 heavy (non-hydrogen) atoms. The fourth-order valence-electron chi connectivity index (χ4n) is 1.97. The molecule has 1 saturated heterocycles. The number of thiazole rings is 1. The number of nitrogens with zero attached hydrogens (tertiary/aromatic N) is 2. The molecule has 1 N–H and O–H groups in total. The molecule has 0 bridgehead atoms. The van der Waals surface area contributed by atoms with Crippen LogP contribution < -0.4 is 5.32 Å². The van der Waals surface area contributed by atoms with Crippen LogP contribution >= 0.6 is 11.3 Å². The average molecular weight is 225 g/mol. The molecule has 0 spiro atoms. The van der Waals surface area contributed by atoms with Crippen LogP contribution in [0.15, 0.2) is 5.38 Å². The Balaban J connectivity index is 1.98. The largest absolute Gasteiger partial charge is 0.311 e. The number of aromatic nitrogens is 1. The summed E-state index contributed by atoms with van der Waals surface area (Å²) >= 11 is 1.77. The zero-order chi connectivity index (χ0) is 10.8. The minimum atomic E-state index is 0.599. The van der Waals surface area contributed by atoms with Crippen LogP contribution in [0, 0.1) is 6.92 Å². The lowest BCUT2D eigenvalue weighted by molar-refractivity contribution is 0.138. The van der Waals surface area contributed by atoms with Gasteiger partial charge in [-0.2, -0.15) is 0 Å². The zero-order valence-electron chi connectivity index (χ0n) is 9.66. The number of nitrogens with one attached hydrogen (secondary N) is 1. The molecule has 2 rings (SSSR count). The van der Waals surface area contributed by atoms with E-state index in [1.807, 2.05) is 0 Å². The van der Waals surface area contributed by atoms with Gasteiger partial charge in [-0.3, -0.25) is 4.90 Å². The number of hydrogen-bond donors (Lipinski definition) is 1. The number of rotatable bonds is 2. The Kier molecular flexibility index (Phi) is 3.38. The predicted octanol–water partition coefficient (Wildman–Crippen LogP) is 1.63. The topological polar surface area (TPSA) is 28.2 Å². The standard InChI is InChI=1S/C11H19N3S/c1-8-5-14(10(3)4-12-8)6-11-13-9(2)7-15-11/h7-8,10,12H,4-6H2,1-3H3. The van der Waals surface area contributed by atoms with Crippen molar-refractivity contribution >= 4 is 11.3 Å². The lowest BCUT2D eigenvalue weighted by Crippen LogP contribution is -2.53. The Morgan fingerprint density at radius 3 is 3.07 bits per heavy atom. The van der Waals surface area contributed by atoms with Gasteiger partial charge in [0.15, 0.2) is 0 Å². The molecule has 84 valence electrons. The van der Waals surface area contributed by atoms with Gasteiger partial charge in [0.25, 0.3) is 0 Å². The molecule has 3 nitrogen and oxygen atoms in total. The molecule has 1 aromatic heterocycles. The lowest BCUT2D eigenvalue weighted by Gasteiger charge is -2.36. The normalized spacial score (nSPS) is 28.2. The first-order chi connectivity index (χ1) is 7.15. The van der Waals surface area contributed by atoms with Gasteiger partial charge in [0.2, 0.25) is 0 Å². The molecule has 0 radical (unpaired) electrons. The molecule has 1 aliphatic rings. The van der Waals surface area contributed by atoms with Gasteiger partial charge < -0.3 is 5.32 Å². The van der Waals surface area contributed by atoms with Gasteiger partial charge in [0, 0.05) is 36.2 Å². The Labute approximate surface area is 95.5 Å². The molecule has 2 unspecified atom stereocenters. The highest BCUT2D eigenvalue weighted by Gasteiger charge is 2.22. The van der Waals surface area contributed by atoms with Crippen molar-refractivity contribution in [2.75, 3.05) is 13.1 Å². The van der Waals surface area contributed by atoms with E-state index in [1.54, 1.807) is 11.3 Å². The smallest absolute Gasteiger partial charge is 0.107 e. The highest BCUT2D eigenvalue weighted by Crippen LogP contribution is 2.15. The van der Waals surface area contributed by atoms with Gasteiger partial charge in [0.1, 0.15) is 5.01 Å². The summed E-state index contributed by atoms with van der Waals surface area (Å²) in [5, 5.41) is 6.87. The first-order valence-corrected chi connectivity index (χ1v) is 6.41. The Morgan fingerprint density at radius 1 is 1.60 bits per heavy atom. The fourth-order valence-corrected chi connectivity index (χ4v) is 2.76. The molecule has 2 heterocycles. The predicted molar refractivity (Wildman–Crippen MR) is 64.2 cm³/mol. The molecule has 4 heteroatoms. The second-order valence-corrected chi connectivity index (χ2v) is 5.41. The summed E-state index contributed by atoms with van der Waals surface area (Å²) in [5.41, 5.74) is 1.14. The minimum Gasteiger partial charge on any atom is -0.311 e. The highest BCUT2D eigenvalue weighted by atomic mass is 32.1. The van der Waals surface area contributed by atoms with Crippen LogP contribution in [0.5, 0.6) is 0 Å². The third-order valence-electron chi connectivity index (χ3n) is 2.90. The Hall–Kier alpha value is -0.450. The summed E-state index contributed by atoms with van der Waals surface area (Å²) in [6, 6.07) is 1.22. The molecule has 1 fully saturated rings. The van der Waals surface area contributed by atoms with E-state index in [9.17, 15) is 0 Å². The van der Waals surface area contributed by atoms with E-state index in [4.69, 9.17) is 0 Å². The van der Waals surface area contributed by atoms with E-state index in [1.165, 1.54) is 5.01 Å². The van der Waals surface area contributed by atoms with Crippen LogP contribution in [0.1, 0.15) is 24.5 Å². The van der Waals surface area contributed by atoms with Crippen molar-refractivity contribution in [2.24, 2.45) is 0 Å². The summed E-state index contributed by atoms with van der Waals surface area (Å²) in [5.74, 6) is 0. The second-order valence-electron chi connectivity index (χ2n) is 4.47. The third-order valence-corrected chi connectivity index (χ3v) is 3.85. The Morgan fingerprint density at radius 2 is 2.40 bits per heavy atom. The van der Waals surface area contributed by atoms with E-state index in [2.05, 4.69) is 41.4 Å². The monoisotopic (exact) mass is 225 g/mol. The first-order valence-electron chi connectivity index (χ1n) is 5.53. The van der Waals surface area contributed by atoms with Gasteiger partial charge in [-0.25, -0.2) is 4.98 Å². The maximum atomic E-state index is 4.52. The van der Waals surface area contributed by atoms with Crippen LogP contribution in [0.25, 0.3) is 0 Å². The van der Waals surface area contributed by atoms with Gasteiger partial charge >= 0.3 is 0 Å². The minimum absolute atomic E-state index is 0.599.